The van der Waals surface area contributed by atoms with E-state index in [1.807, 2.05) is 107 Å². The summed E-state index contributed by atoms with van der Waals surface area (Å²) >= 11 is 0. The number of aromatic nitrogens is 6. The van der Waals surface area contributed by atoms with Crippen LogP contribution in [0, 0.1) is 0 Å². The predicted octanol–water partition coefficient (Wildman–Crippen LogP) is 10.2. The molecule has 10 aromatic rings. The monoisotopic (exact) mass is 951 g/mol. The van der Waals surface area contributed by atoms with E-state index < -0.39 is 0 Å². The highest BCUT2D eigenvalue weighted by molar-refractivity contribution is 6.12. The largest absolute Gasteiger partial charge is 0.372 e. The molecule has 2 aliphatic heterocycles. The van der Waals surface area contributed by atoms with Crippen LogP contribution in [0.15, 0.2) is 159 Å². The summed E-state index contributed by atoms with van der Waals surface area (Å²) in [6.07, 6.45) is 15.5. The predicted molar refractivity (Wildman–Crippen MR) is 290 cm³/mol. The average molecular weight is 952 g/mol. The van der Waals surface area contributed by atoms with Gasteiger partial charge in [-0.15, -0.1) is 0 Å². The molecular weight excluding hydrogens is 895 g/mol. The third kappa shape index (κ3) is 8.87. The minimum atomic E-state index is -0.0108. The molecule has 12 rings (SSSR count). The lowest BCUT2D eigenvalue weighted by atomic mass is 9.96. The summed E-state index contributed by atoms with van der Waals surface area (Å²) < 4.78 is 3.68. The number of anilines is 2. The Kier molecular flexibility index (Phi) is 12.6. The molecule has 6 heterocycles. The highest BCUT2D eigenvalue weighted by Gasteiger charge is 2.20. The highest BCUT2D eigenvalue weighted by Crippen LogP contribution is 2.36. The Bertz CT molecular complexity index is 3370. The molecule has 2 fully saturated rings. The number of carbonyl (C=O) groups excluding carboxylic acids is 2. The Labute approximate surface area is 419 Å². The number of nitrogens with zero attached hydrogens (tertiary/aromatic N) is 10. The Balaban J connectivity index is 0.000000156. The standard InChI is InChI=1S/C30H29N5O.C29H28N6O/c1-33(2)30(36)27-15-14-26(24-8-4-5-9-25(24)27)28-19-32-35-20-22(18-31-29(28)35)21-10-12-23(13-11-21)34-16-6-3-7-17-34;1-33(2)29(36)26-12-11-25(23-5-3-4-6-24(23)26)27-18-32-35-19-21(17-31-28(27)35)20-7-9-22(10-8-20)34-15-13-30-14-16-34/h4-5,8-15,18-20H,3,6-7,16-17H2,1-2H3;3-12,17-19,30H,13-16H2,1-2H3. The van der Waals surface area contributed by atoms with Gasteiger partial charge < -0.3 is 24.9 Å². The van der Waals surface area contributed by atoms with E-state index in [1.54, 1.807) is 38.0 Å². The Morgan fingerprint density at radius 2 is 0.861 bits per heavy atom. The topological polar surface area (TPSA) is 120 Å². The molecule has 13 heteroatoms. The minimum absolute atomic E-state index is 0.00770. The van der Waals surface area contributed by atoms with Crippen molar-refractivity contribution in [3.63, 3.8) is 0 Å². The van der Waals surface area contributed by atoms with Crippen LogP contribution in [0.25, 0.3) is 77.3 Å². The molecule has 0 radical (unpaired) electrons. The summed E-state index contributed by atoms with van der Waals surface area (Å²) in [5.41, 5.74) is 13.7. The first-order chi connectivity index (χ1) is 35.2. The Hall–Kier alpha value is -8.42. The van der Waals surface area contributed by atoms with Gasteiger partial charge in [0.25, 0.3) is 11.8 Å². The number of hydrogen-bond donors (Lipinski definition) is 1. The van der Waals surface area contributed by atoms with E-state index >= 15 is 0 Å². The summed E-state index contributed by atoms with van der Waals surface area (Å²) in [5.74, 6) is -0.0185. The molecule has 1 N–H and O–H groups in total. The number of fused-ring (bicyclic) bond motifs is 4. The maximum Gasteiger partial charge on any atom is 0.253 e. The zero-order valence-corrected chi connectivity index (χ0v) is 41.2. The molecule has 0 spiro atoms. The van der Waals surface area contributed by atoms with Gasteiger partial charge in [0.2, 0.25) is 0 Å². The summed E-state index contributed by atoms with van der Waals surface area (Å²) in [4.78, 5) is 43.2. The van der Waals surface area contributed by atoms with Crippen molar-refractivity contribution in [1.29, 1.82) is 0 Å². The number of benzene rings is 6. The van der Waals surface area contributed by atoms with Crippen LogP contribution in [0.4, 0.5) is 11.4 Å². The molecule has 360 valence electrons. The lowest BCUT2D eigenvalue weighted by Crippen LogP contribution is -2.43. The van der Waals surface area contributed by atoms with Gasteiger partial charge in [0.05, 0.1) is 12.4 Å². The fraction of sp³-hybridized carbons (Fsp3) is 0.220. The van der Waals surface area contributed by atoms with Gasteiger partial charge in [0.1, 0.15) is 0 Å². The Morgan fingerprint density at radius 3 is 1.29 bits per heavy atom. The number of piperazine rings is 1. The van der Waals surface area contributed by atoms with Crippen molar-refractivity contribution in [1.82, 2.24) is 44.3 Å². The zero-order chi connectivity index (χ0) is 49.3. The molecule has 0 atom stereocenters. The third-order valence-corrected chi connectivity index (χ3v) is 14.0. The number of carbonyl (C=O) groups is 2. The van der Waals surface area contributed by atoms with Crippen LogP contribution in [0.1, 0.15) is 40.0 Å². The lowest BCUT2D eigenvalue weighted by molar-refractivity contribution is 0.0822. The van der Waals surface area contributed by atoms with Crippen molar-refractivity contribution in [2.75, 3.05) is 77.3 Å². The van der Waals surface area contributed by atoms with Gasteiger partial charge in [-0.3, -0.25) is 9.59 Å². The van der Waals surface area contributed by atoms with Crippen molar-refractivity contribution < 1.29 is 9.59 Å². The fourth-order valence-corrected chi connectivity index (χ4v) is 10.2. The van der Waals surface area contributed by atoms with E-state index in [9.17, 15) is 9.59 Å². The van der Waals surface area contributed by atoms with Gasteiger partial charge in [-0.25, -0.2) is 19.0 Å². The van der Waals surface area contributed by atoms with Crippen molar-refractivity contribution in [2.24, 2.45) is 0 Å². The second kappa shape index (κ2) is 19.8. The first-order valence-corrected chi connectivity index (χ1v) is 24.8. The number of hydrogen-bond acceptors (Lipinski definition) is 9. The van der Waals surface area contributed by atoms with E-state index in [1.165, 1.54) is 30.6 Å². The van der Waals surface area contributed by atoms with Gasteiger partial charge in [-0.05, 0) is 99.5 Å². The van der Waals surface area contributed by atoms with Crippen LogP contribution in [-0.4, -0.2) is 118 Å². The van der Waals surface area contributed by atoms with Crippen LogP contribution in [-0.2, 0) is 0 Å². The van der Waals surface area contributed by atoms with Crippen LogP contribution in [0.2, 0.25) is 0 Å². The zero-order valence-electron chi connectivity index (χ0n) is 41.2. The van der Waals surface area contributed by atoms with E-state index in [4.69, 9.17) is 9.97 Å². The SMILES string of the molecule is CN(C)C(=O)c1ccc(-c2cnn3cc(-c4ccc(N5CCCCC5)cc4)cnc23)c2ccccc12.CN(C)C(=O)c1ccc(-c2cnn3cc(-c4ccc(N5CCNCC5)cc4)cnc23)c2ccccc12. The number of nitrogens with one attached hydrogen (secondary N) is 1. The molecule has 2 amide bonds. The van der Waals surface area contributed by atoms with Gasteiger partial charge in [0, 0.05) is 137 Å². The molecule has 0 unspecified atom stereocenters. The molecule has 72 heavy (non-hydrogen) atoms. The molecule has 0 aliphatic carbocycles. The van der Waals surface area contributed by atoms with Crippen molar-refractivity contribution >= 4 is 56.0 Å². The van der Waals surface area contributed by atoms with Gasteiger partial charge in [-0.2, -0.15) is 10.2 Å². The van der Waals surface area contributed by atoms with Gasteiger partial charge >= 0.3 is 0 Å². The van der Waals surface area contributed by atoms with Gasteiger partial charge in [-0.1, -0.05) is 84.9 Å². The van der Waals surface area contributed by atoms with E-state index in [0.717, 1.165) is 117 Å². The van der Waals surface area contributed by atoms with Crippen molar-refractivity contribution in [2.45, 2.75) is 19.3 Å². The first-order valence-electron chi connectivity index (χ1n) is 24.8. The van der Waals surface area contributed by atoms with Crippen molar-refractivity contribution in [3.8, 4) is 44.5 Å². The summed E-state index contributed by atoms with van der Waals surface area (Å²) in [7, 11) is 7.10. The smallest absolute Gasteiger partial charge is 0.253 e. The summed E-state index contributed by atoms with van der Waals surface area (Å²) in [5, 5.41) is 16.5. The van der Waals surface area contributed by atoms with Crippen LogP contribution >= 0.6 is 0 Å². The maximum absolute atomic E-state index is 12.7. The van der Waals surface area contributed by atoms with Gasteiger partial charge in [0.15, 0.2) is 11.3 Å². The maximum atomic E-state index is 12.7. The van der Waals surface area contributed by atoms with E-state index in [-0.39, 0.29) is 11.8 Å². The van der Waals surface area contributed by atoms with Crippen LogP contribution < -0.4 is 15.1 Å². The summed E-state index contributed by atoms with van der Waals surface area (Å²) in [6, 6.07) is 41.3. The lowest BCUT2D eigenvalue weighted by Gasteiger charge is -2.29. The molecule has 0 bridgehead atoms. The molecular formula is C59H57N11O2. The average Bonchev–Trinajstić information content (AvgIpc) is 4.07. The fourth-order valence-electron chi connectivity index (χ4n) is 10.2. The second-order valence-corrected chi connectivity index (χ2v) is 19.0. The van der Waals surface area contributed by atoms with E-state index in [2.05, 4.69) is 86.0 Å². The third-order valence-electron chi connectivity index (χ3n) is 14.0. The second-order valence-electron chi connectivity index (χ2n) is 19.0. The molecule has 6 aromatic carbocycles. The number of amides is 2. The highest BCUT2D eigenvalue weighted by atomic mass is 16.2. The molecule has 4 aromatic heterocycles. The number of piperidine rings is 1. The molecule has 13 nitrogen and oxygen atoms in total. The minimum Gasteiger partial charge on any atom is -0.372 e. The molecule has 2 aliphatic rings. The summed E-state index contributed by atoms with van der Waals surface area (Å²) in [6.45, 7) is 6.38. The first kappa shape index (κ1) is 46.0. The van der Waals surface area contributed by atoms with Crippen LogP contribution in [0.5, 0.6) is 0 Å². The number of rotatable bonds is 8. The Morgan fingerprint density at radius 1 is 0.444 bits per heavy atom. The van der Waals surface area contributed by atoms with Crippen LogP contribution in [0.3, 0.4) is 0 Å². The van der Waals surface area contributed by atoms with E-state index in [0.29, 0.717) is 11.1 Å². The normalized spacial score (nSPS) is 13.9. The van der Waals surface area contributed by atoms with Crippen molar-refractivity contribution in [3.05, 3.63) is 170 Å². The molecule has 2 saturated heterocycles. The quantitative estimate of drug-likeness (QED) is 0.159. The molecule has 0 saturated carbocycles.